The number of aromatic nitrogens is 3. The number of amides is 1. The van der Waals surface area contributed by atoms with Crippen LogP contribution in [0.1, 0.15) is 11.3 Å². The van der Waals surface area contributed by atoms with E-state index in [1.54, 1.807) is 0 Å². The lowest BCUT2D eigenvalue weighted by molar-refractivity contribution is -0.118. The normalized spacial score (nSPS) is 11.5. The van der Waals surface area contributed by atoms with Gasteiger partial charge in [-0.05, 0) is 29.8 Å². The van der Waals surface area contributed by atoms with E-state index in [2.05, 4.69) is 20.3 Å². The van der Waals surface area contributed by atoms with Crippen LogP contribution in [0.3, 0.4) is 0 Å². The third kappa shape index (κ3) is 5.26. The van der Waals surface area contributed by atoms with Gasteiger partial charge in [0.05, 0.1) is 11.4 Å². The molecule has 0 bridgehead atoms. The molecular weight excluding hydrogens is 414 g/mol. The van der Waals surface area contributed by atoms with Gasteiger partial charge in [-0.25, -0.2) is 18.4 Å². The first kappa shape index (κ1) is 20.5. The van der Waals surface area contributed by atoms with Crippen molar-refractivity contribution in [3.63, 3.8) is 0 Å². The monoisotopic (exact) mass is 435 g/mol. The van der Waals surface area contributed by atoms with E-state index in [-0.39, 0.29) is 18.1 Å². The summed E-state index contributed by atoms with van der Waals surface area (Å²) in [5, 5.41) is 3.60. The third-order valence-corrected chi connectivity index (χ3v) is 6.10. The fraction of sp³-hybridized carbons (Fsp3) is 0.136. The van der Waals surface area contributed by atoms with Crippen molar-refractivity contribution in [1.29, 1.82) is 0 Å². The van der Waals surface area contributed by atoms with Gasteiger partial charge < -0.3 is 16.0 Å². The number of fused-ring (bicyclic) bond motifs is 1. The Kier molecular flexibility index (Phi) is 5.68. The summed E-state index contributed by atoms with van der Waals surface area (Å²) in [5.41, 5.74) is 8.71. The highest BCUT2D eigenvalue weighted by atomic mass is 32.2. The Bertz CT molecular complexity index is 1330. The van der Waals surface area contributed by atoms with Crippen LogP contribution < -0.4 is 11.1 Å². The lowest BCUT2D eigenvalue weighted by Crippen LogP contribution is -2.30. The predicted octanol–water partition coefficient (Wildman–Crippen LogP) is 2.44. The Labute approximate surface area is 179 Å². The van der Waals surface area contributed by atoms with E-state index < -0.39 is 27.3 Å². The first-order valence-electron chi connectivity index (χ1n) is 9.60. The van der Waals surface area contributed by atoms with E-state index in [4.69, 9.17) is 5.73 Å². The van der Waals surface area contributed by atoms with Crippen LogP contribution >= 0.6 is 0 Å². The number of anilines is 1. The maximum atomic E-state index is 12.6. The molecule has 0 saturated heterocycles. The van der Waals surface area contributed by atoms with Crippen LogP contribution in [0.2, 0.25) is 0 Å². The molecule has 2 aromatic carbocycles. The lowest BCUT2D eigenvalue weighted by atomic mass is 10.1. The number of benzene rings is 2. The number of H-pyrrole nitrogens is 1. The molecule has 2 aromatic heterocycles. The van der Waals surface area contributed by atoms with Crippen molar-refractivity contribution in [2.45, 2.75) is 12.3 Å². The maximum absolute atomic E-state index is 12.6. The van der Waals surface area contributed by atoms with E-state index in [1.807, 2.05) is 60.8 Å². The summed E-state index contributed by atoms with van der Waals surface area (Å²) in [6.45, 7) is 0.265. The zero-order valence-corrected chi connectivity index (χ0v) is 17.4. The van der Waals surface area contributed by atoms with Gasteiger partial charge in [0.15, 0.2) is 15.7 Å². The van der Waals surface area contributed by atoms with Gasteiger partial charge in [0.1, 0.15) is 11.6 Å². The van der Waals surface area contributed by atoms with Gasteiger partial charge >= 0.3 is 0 Å². The van der Waals surface area contributed by atoms with Gasteiger partial charge in [-0.3, -0.25) is 4.79 Å². The van der Waals surface area contributed by atoms with Crippen molar-refractivity contribution < 1.29 is 13.2 Å². The number of sulfone groups is 1. The molecule has 0 saturated carbocycles. The number of hydrogen-bond donors (Lipinski definition) is 3. The standard InChI is InChI=1S/C22H21N5O3S/c23-20-11-18(26-22(27-20)17-6-7-19-16(10-17)8-9-24-19)13-31(29,30)14-21(28)25-12-15-4-2-1-3-5-15/h1-11,24H,12-14H2,(H,25,28)(H2,23,26,27). The second-order valence-corrected chi connectivity index (χ2v) is 9.25. The number of carbonyl (C=O) groups excluding carboxylic acids is 1. The van der Waals surface area contributed by atoms with Crippen LogP contribution in [0.25, 0.3) is 22.3 Å². The van der Waals surface area contributed by atoms with Crippen LogP contribution in [0.5, 0.6) is 0 Å². The highest BCUT2D eigenvalue weighted by Crippen LogP contribution is 2.22. The van der Waals surface area contributed by atoms with Crippen molar-refractivity contribution in [3.8, 4) is 11.4 Å². The summed E-state index contributed by atoms with van der Waals surface area (Å²) < 4.78 is 25.1. The van der Waals surface area contributed by atoms with Gasteiger partial charge in [-0.2, -0.15) is 0 Å². The summed E-state index contributed by atoms with van der Waals surface area (Å²) in [6.07, 6.45) is 1.83. The quantitative estimate of drug-likeness (QED) is 0.409. The second kappa shape index (κ2) is 8.57. The molecule has 0 fully saturated rings. The highest BCUT2D eigenvalue weighted by Gasteiger charge is 2.19. The van der Waals surface area contributed by atoms with E-state index in [9.17, 15) is 13.2 Å². The average molecular weight is 436 g/mol. The Hall–Kier alpha value is -3.72. The Morgan fingerprint density at radius 3 is 2.65 bits per heavy atom. The number of nitrogens with one attached hydrogen (secondary N) is 2. The highest BCUT2D eigenvalue weighted by molar-refractivity contribution is 7.91. The molecule has 1 amide bonds. The molecule has 0 unspecified atom stereocenters. The van der Waals surface area contributed by atoms with Crippen LogP contribution in [0.4, 0.5) is 5.82 Å². The molecule has 0 aliphatic heterocycles. The van der Waals surface area contributed by atoms with E-state index in [1.165, 1.54) is 6.07 Å². The first-order valence-corrected chi connectivity index (χ1v) is 11.4. The average Bonchev–Trinajstić information content (AvgIpc) is 3.20. The molecule has 0 aliphatic rings. The molecule has 158 valence electrons. The fourth-order valence-electron chi connectivity index (χ4n) is 3.24. The predicted molar refractivity (Wildman–Crippen MR) is 120 cm³/mol. The molecule has 9 heteroatoms. The number of carbonyl (C=O) groups is 1. The molecular formula is C22H21N5O3S. The van der Waals surface area contributed by atoms with Gasteiger partial charge in [0, 0.05) is 35.3 Å². The van der Waals surface area contributed by atoms with Crippen LogP contribution in [-0.4, -0.2) is 35.0 Å². The minimum atomic E-state index is -3.74. The minimum absolute atomic E-state index is 0.165. The SMILES string of the molecule is Nc1cc(CS(=O)(=O)CC(=O)NCc2ccccc2)nc(-c2ccc3[nH]ccc3c2)n1. The zero-order valence-electron chi connectivity index (χ0n) is 16.6. The van der Waals surface area contributed by atoms with Gasteiger partial charge in [-0.15, -0.1) is 0 Å². The summed E-state index contributed by atoms with van der Waals surface area (Å²) in [5.74, 6) is -1.10. The molecule has 4 rings (SSSR count). The molecule has 4 aromatic rings. The number of nitrogen functional groups attached to an aromatic ring is 1. The minimum Gasteiger partial charge on any atom is -0.384 e. The molecule has 4 N–H and O–H groups in total. The van der Waals surface area contributed by atoms with Crippen molar-refractivity contribution in [2.24, 2.45) is 0 Å². The van der Waals surface area contributed by atoms with Crippen molar-refractivity contribution >= 4 is 32.5 Å². The zero-order chi connectivity index (χ0) is 21.8. The number of hydrogen-bond acceptors (Lipinski definition) is 6. The molecule has 0 aliphatic carbocycles. The van der Waals surface area contributed by atoms with Crippen LogP contribution in [0, 0.1) is 0 Å². The third-order valence-electron chi connectivity index (χ3n) is 4.66. The van der Waals surface area contributed by atoms with Crippen molar-refractivity contribution in [3.05, 3.63) is 78.1 Å². The summed E-state index contributed by atoms with van der Waals surface area (Å²) in [4.78, 5) is 23.8. The van der Waals surface area contributed by atoms with Gasteiger partial charge in [0.2, 0.25) is 5.91 Å². The summed E-state index contributed by atoms with van der Waals surface area (Å²) >= 11 is 0. The Morgan fingerprint density at radius 1 is 1.03 bits per heavy atom. The lowest BCUT2D eigenvalue weighted by Gasteiger charge is -2.08. The van der Waals surface area contributed by atoms with Crippen LogP contribution in [0.15, 0.2) is 66.9 Å². The van der Waals surface area contributed by atoms with Crippen molar-refractivity contribution in [2.75, 3.05) is 11.5 Å². The first-order chi connectivity index (χ1) is 14.9. The molecule has 0 atom stereocenters. The number of rotatable bonds is 7. The number of aromatic amines is 1. The molecule has 31 heavy (non-hydrogen) atoms. The van der Waals surface area contributed by atoms with E-state index in [0.29, 0.717) is 5.82 Å². The molecule has 8 nitrogen and oxygen atoms in total. The second-order valence-electron chi connectivity index (χ2n) is 7.18. The molecule has 2 heterocycles. The smallest absolute Gasteiger partial charge is 0.235 e. The van der Waals surface area contributed by atoms with E-state index >= 15 is 0 Å². The number of nitrogens with zero attached hydrogens (tertiary/aromatic N) is 2. The molecule has 0 radical (unpaired) electrons. The van der Waals surface area contributed by atoms with Crippen molar-refractivity contribution in [1.82, 2.24) is 20.3 Å². The fourth-order valence-corrected chi connectivity index (χ4v) is 4.44. The van der Waals surface area contributed by atoms with Gasteiger partial charge in [-0.1, -0.05) is 30.3 Å². The van der Waals surface area contributed by atoms with Crippen LogP contribution in [-0.2, 0) is 26.9 Å². The molecule has 0 spiro atoms. The largest absolute Gasteiger partial charge is 0.384 e. The van der Waals surface area contributed by atoms with E-state index in [0.717, 1.165) is 22.0 Å². The Balaban J connectivity index is 1.47. The maximum Gasteiger partial charge on any atom is 0.235 e. The number of nitrogens with two attached hydrogens (primary N) is 1. The topological polar surface area (TPSA) is 131 Å². The Morgan fingerprint density at radius 2 is 1.84 bits per heavy atom. The summed E-state index contributed by atoms with van der Waals surface area (Å²) in [6, 6.07) is 18.2. The summed E-state index contributed by atoms with van der Waals surface area (Å²) in [7, 11) is -3.74. The van der Waals surface area contributed by atoms with Gasteiger partial charge in [0.25, 0.3) is 0 Å².